The van der Waals surface area contributed by atoms with Crippen molar-refractivity contribution in [2.75, 3.05) is 20.6 Å². The van der Waals surface area contributed by atoms with Crippen molar-refractivity contribution in [2.45, 2.75) is 52.3 Å². The van der Waals surface area contributed by atoms with E-state index in [1.807, 2.05) is 38.4 Å². The van der Waals surface area contributed by atoms with Crippen LogP contribution < -0.4 is 5.32 Å². The molecule has 2 aromatic rings. The third-order valence-electron chi connectivity index (χ3n) is 4.88. The van der Waals surface area contributed by atoms with Crippen molar-refractivity contribution in [2.24, 2.45) is 5.92 Å². The highest BCUT2D eigenvalue weighted by Crippen LogP contribution is 2.21. The van der Waals surface area contributed by atoms with Gasteiger partial charge in [-0.25, -0.2) is 14.5 Å². The molecule has 1 amide bonds. The number of rotatable bonds is 9. The number of alkyl halides is 3. The molecule has 0 unspecified atom stereocenters. The minimum Gasteiger partial charge on any atom is -0.475 e. The summed E-state index contributed by atoms with van der Waals surface area (Å²) >= 11 is 6.33. The molecule has 0 aliphatic carbocycles. The standard InChI is InChI=1S/C20H30ClN5O.C2HF3O2/c1-6-10-18-23-19(24-26(18)17-12-9-8-11-15(17)21)20(27)22-16(13-25(4)5)14(3)7-2;3-2(4,5)1(6)7/h8-9,11-12,14,16H,6-7,10,13H2,1-5H3,(H,22,27);(H,6,7)/t14-,16+;/m0./s1. The van der Waals surface area contributed by atoms with E-state index in [4.69, 9.17) is 21.5 Å². The Bertz CT molecular complexity index is 950. The Morgan fingerprint density at radius 1 is 1.24 bits per heavy atom. The van der Waals surface area contributed by atoms with Crippen LogP contribution in [-0.2, 0) is 11.2 Å². The van der Waals surface area contributed by atoms with E-state index in [-0.39, 0.29) is 17.8 Å². The lowest BCUT2D eigenvalue weighted by molar-refractivity contribution is -0.192. The molecular formula is C22H31ClF3N5O3. The Morgan fingerprint density at radius 2 is 1.82 bits per heavy atom. The summed E-state index contributed by atoms with van der Waals surface area (Å²) in [5.74, 6) is -1.72. The number of aliphatic carboxylic acids is 1. The molecule has 12 heteroatoms. The fourth-order valence-electron chi connectivity index (χ4n) is 2.92. The van der Waals surface area contributed by atoms with Crippen LogP contribution in [0.2, 0.25) is 5.02 Å². The van der Waals surface area contributed by atoms with Gasteiger partial charge in [-0.05, 0) is 38.6 Å². The summed E-state index contributed by atoms with van der Waals surface area (Å²) in [7, 11) is 4.01. The predicted molar refractivity (Wildman–Crippen MR) is 123 cm³/mol. The highest BCUT2D eigenvalue weighted by molar-refractivity contribution is 6.32. The second-order valence-electron chi connectivity index (χ2n) is 8.00. The van der Waals surface area contributed by atoms with Crippen molar-refractivity contribution >= 4 is 23.5 Å². The van der Waals surface area contributed by atoms with Crippen molar-refractivity contribution in [1.82, 2.24) is 25.0 Å². The van der Waals surface area contributed by atoms with Gasteiger partial charge in [0, 0.05) is 19.0 Å². The zero-order valence-corrected chi connectivity index (χ0v) is 20.6. The summed E-state index contributed by atoms with van der Waals surface area (Å²) in [6.45, 7) is 7.12. The number of benzene rings is 1. The largest absolute Gasteiger partial charge is 0.490 e. The number of halogens is 4. The number of hydrogen-bond acceptors (Lipinski definition) is 5. The lowest BCUT2D eigenvalue weighted by Crippen LogP contribution is -2.45. The maximum Gasteiger partial charge on any atom is 0.490 e. The van der Waals surface area contributed by atoms with Crippen LogP contribution in [0, 0.1) is 5.92 Å². The highest BCUT2D eigenvalue weighted by Gasteiger charge is 2.38. The molecular weight excluding hydrogens is 475 g/mol. The molecule has 0 aliphatic rings. The number of amides is 1. The normalized spacial score (nSPS) is 13.1. The molecule has 1 aromatic heterocycles. The second-order valence-corrected chi connectivity index (χ2v) is 8.40. The van der Waals surface area contributed by atoms with Crippen LogP contribution in [0.4, 0.5) is 13.2 Å². The highest BCUT2D eigenvalue weighted by atomic mass is 35.5. The predicted octanol–water partition coefficient (Wildman–Crippen LogP) is 4.21. The smallest absolute Gasteiger partial charge is 0.475 e. The van der Waals surface area contributed by atoms with Gasteiger partial charge < -0.3 is 15.3 Å². The van der Waals surface area contributed by atoms with E-state index in [2.05, 4.69) is 41.1 Å². The SMILES string of the molecule is CCCc1nc(C(=O)N[C@H](CN(C)C)[C@@H](C)CC)nn1-c1ccccc1Cl.O=C(O)C(F)(F)F. The van der Waals surface area contributed by atoms with Crippen molar-refractivity contribution in [3.05, 3.63) is 40.9 Å². The first-order valence-corrected chi connectivity index (χ1v) is 11.2. The third-order valence-corrected chi connectivity index (χ3v) is 5.20. The number of carboxylic acid groups (broad SMARTS) is 1. The molecule has 1 heterocycles. The minimum absolute atomic E-state index is 0.0411. The Hall–Kier alpha value is -2.66. The van der Waals surface area contributed by atoms with Crippen molar-refractivity contribution in [3.63, 3.8) is 0 Å². The molecule has 0 bridgehead atoms. The molecule has 0 spiro atoms. The van der Waals surface area contributed by atoms with Gasteiger partial charge in [0.05, 0.1) is 10.7 Å². The van der Waals surface area contributed by atoms with Gasteiger partial charge in [0.2, 0.25) is 5.82 Å². The van der Waals surface area contributed by atoms with E-state index >= 15 is 0 Å². The number of para-hydroxylation sites is 1. The number of nitrogens with one attached hydrogen (secondary N) is 1. The summed E-state index contributed by atoms with van der Waals surface area (Å²) in [6.07, 6.45) is -2.47. The van der Waals surface area contributed by atoms with Crippen LogP contribution in [0.3, 0.4) is 0 Å². The van der Waals surface area contributed by atoms with Crippen molar-refractivity contribution < 1.29 is 27.9 Å². The molecule has 0 fully saturated rings. The van der Waals surface area contributed by atoms with E-state index in [1.54, 1.807) is 4.68 Å². The molecule has 34 heavy (non-hydrogen) atoms. The topological polar surface area (TPSA) is 100 Å². The molecule has 0 saturated heterocycles. The average molecular weight is 506 g/mol. The van der Waals surface area contributed by atoms with Gasteiger partial charge in [0.1, 0.15) is 5.82 Å². The number of aryl methyl sites for hydroxylation is 1. The van der Waals surface area contributed by atoms with Crippen molar-refractivity contribution in [1.29, 1.82) is 0 Å². The third kappa shape index (κ3) is 8.94. The molecule has 0 radical (unpaired) electrons. The van der Waals surface area contributed by atoms with Gasteiger partial charge in [-0.1, -0.05) is 50.9 Å². The number of nitrogens with zero attached hydrogens (tertiary/aromatic N) is 4. The molecule has 0 saturated carbocycles. The number of carboxylic acids is 1. The van der Waals surface area contributed by atoms with E-state index in [0.29, 0.717) is 10.9 Å². The quantitative estimate of drug-likeness (QED) is 0.529. The van der Waals surface area contributed by atoms with Crippen LogP contribution in [0.15, 0.2) is 24.3 Å². The molecule has 190 valence electrons. The molecule has 2 rings (SSSR count). The molecule has 8 nitrogen and oxygen atoms in total. The fourth-order valence-corrected chi connectivity index (χ4v) is 3.14. The summed E-state index contributed by atoms with van der Waals surface area (Å²) in [5, 5.41) is 15.3. The summed E-state index contributed by atoms with van der Waals surface area (Å²) in [5.41, 5.74) is 0.737. The Balaban J connectivity index is 0.000000718. The van der Waals surface area contributed by atoms with Gasteiger partial charge in [0.25, 0.3) is 5.91 Å². The van der Waals surface area contributed by atoms with Gasteiger partial charge in [-0.3, -0.25) is 4.79 Å². The van der Waals surface area contributed by atoms with E-state index in [1.165, 1.54) is 0 Å². The van der Waals surface area contributed by atoms with E-state index in [0.717, 1.165) is 37.3 Å². The minimum atomic E-state index is -5.08. The first kappa shape index (κ1) is 29.4. The first-order chi connectivity index (χ1) is 15.8. The Kier molecular flexibility index (Phi) is 11.5. The van der Waals surface area contributed by atoms with Crippen LogP contribution in [-0.4, -0.2) is 69.5 Å². The fraction of sp³-hybridized carbons (Fsp3) is 0.545. The molecule has 1 aromatic carbocycles. The number of carbonyl (C=O) groups excluding carboxylic acids is 1. The number of carbonyl (C=O) groups is 2. The number of likely N-dealkylation sites (N-methyl/N-ethyl adjacent to an activating group) is 1. The zero-order chi connectivity index (χ0) is 26.1. The van der Waals surface area contributed by atoms with Gasteiger partial charge in [-0.2, -0.15) is 13.2 Å². The number of hydrogen-bond donors (Lipinski definition) is 2. The van der Waals surface area contributed by atoms with E-state index in [9.17, 15) is 18.0 Å². The molecule has 2 N–H and O–H groups in total. The van der Waals surface area contributed by atoms with Gasteiger partial charge in [-0.15, -0.1) is 5.10 Å². The maximum absolute atomic E-state index is 12.8. The van der Waals surface area contributed by atoms with Crippen LogP contribution >= 0.6 is 11.6 Å². The van der Waals surface area contributed by atoms with E-state index < -0.39 is 12.1 Å². The molecule has 0 aliphatic heterocycles. The maximum atomic E-state index is 12.8. The van der Waals surface area contributed by atoms with Crippen LogP contribution in [0.25, 0.3) is 5.69 Å². The van der Waals surface area contributed by atoms with Gasteiger partial charge >= 0.3 is 12.1 Å². The number of aromatic nitrogens is 3. The summed E-state index contributed by atoms with van der Waals surface area (Å²) in [6, 6.07) is 7.50. The van der Waals surface area contributed by atoms with Crippen LogP contribution in [0.1, 0.15) is 50.1 Å². The Morgan fingerprint density at radius 3 is 2.29 bits per heavy atom. The summed E-state index contributed by atoms with van der Waals surface area (Å²) in [4.78, 5) is 28.3. The monoisotopic (exact) mass is 505 g/mol. The lowest BCUT2D eigenvalue weighted by atomic mass is 9.98. The average Bonchev–Trinajstić information content (AvgIpc) is 3.16. The first-order valence-electron chi connectivity index (χ1n) is 10.8. The second kappa shape index (κ2) is 13.3. The van der Waals surface area contributed by atoms with Crippen LogP contribution in [0.5, 0.6) is 0 Å². The zero-order valence-electron chi connectivity index (χ0n) is 19.9. The summed E-state index contributed by atoms with van der Waals surface area (Å²) < 4.78 is 33.4. The van der Waals surface area contributed by atoms with Gasteiger partial charge in [0.15, 0.2) is 0 Å². The van der Waals surface area contributed by atoms with Crippen molar-refractivity contribution in [3.8, 4) is 5.69 Å². The lowest BCUT2D eigenvalue weighted by Gasteiger charge is -2.26. The molecule has 2 atom stereocenters. The Labute approximate surface area is 202 Å².